The van der Waals surface area contributed by atoms with Gasteiger partial charge in [0, 0.05) is 11.6 Å². The third-order valence-corrected chi connectivity index (χ3v) is 5.84. The quantitative estimate of drug-likeness (QED) is 0.765. The third-order valence-electron chi connectivity index (χ3n) is 3.81. The van der Waals surface area contributed by atoms with Crippen molar-refractivity contribution in [3.8, 4) is 0 Å². The number of nitrogens with one attached hydrogen (secondary N) is 1. The Morgan fingerprint density at radius 2 is 1.75 bits per heavy atom. The van der Waals surface area contributed by atoms with Crippen LogP contribution in [0, 0.1) is 5.92 Å². The summed E-state index contributed by atoms with van der Waals surface area (Å²) in [5.74, 6) is 1.20. The first-order valence-corrected chi connectivity index (χ1v) is 8.18. The van der Waals surface area contributed by atoms with E-state index in [1.54, 1.807) is 0 Å². The van der Waals surface area contributed by atoms with E-state index in [9.17, 15) is 8.42 Å². The van der Waals surface area contributed by atoms with Crippen molar-refractivity contribution in [2.45, 2.75) is 57.5 Å². The first-order valence-electron chi connectivity index (χ1n) is 6.36. The summed E-state index contributed by atoms with van der Waals surface area (Å²) in [4.78, 5) is 0. The third kappa shape index (κ3) is 2.98. The molecule has 94 valence electrons. The first-order chi connectivity index (χ1) is 7.38. The van der Waals surface area contributed by atoms with Crippen LogP contribution in [-0.2, 0) is 9.84 Å². The first kappa shape index (κ1) is 12.4. The molecule has 16 heavy (non-hydrogen) atoms. The standard InChI is InChI=1S/C12H23NO2S/c1-12(2)9-16(14,15)8-11(13-12)10-6-4-3-5-7-10/h10-11,13H,3-9H2,1-2H3. The average Bonchev–Trinajstić information content (AvgIpc) is 2.14. The van der Waals surface area contributed by atoms with E-state index in [1.807, 2.05) is 13.8 Å². The molecule has 0 aromatic heterocycles. The predicted octanol–water partition coefficient (Wildman–Crippen LogP) is 1.73. The fourth-order valence-electron chi connectivity index (χ4n) is 3.26. The molecule has 2 fully saturated rings. The number of sulfone groups is 1. The van der Waals surface area contributed by atoms with Gasteiger partial charge in [-0.3, -0.25) is 0 Å². The van der Waals surface area contributed by atoms with Crippen LogP contribution in [0.4, 0.5) is 0 Å². The Morgan fingerprint density at radius 1 is 1.12 bits per heavy atom. The molecular formula is C12H23NO2S. The molecule has 1 atom stereocenters. The molecule has 1 N–H and O–H groups in total. The second-order valence-corrected chi connectivity index (χ2v) is 8.20. The maximum Gasteiger partial charge on any atom is 0.153 e. The largest absolute Gasteiger partial charge is 0.307 e. The van der Waals surface area contributed by atoms with Crippen molar-refractivity contribution in [1.29, 1.82) is 0 Å². The van der Waals surface area contributed by atoms with Gasteiger partial charge in [-0.2, -0.15) is 0 Å². The molecule has 1 aliphatic heterocycles. The van der Waals surface area contributed by atoms with Crippen molar-refractivity contribution in [1.82, 2.24) is 5.32 Å². The van der Waals surface area contributed by atoms with Gasteiger partial charge in [0.25, 0.3) is 0 Å². The zero-order valence-electron chi connectivity index (χ0n) is 10.3. The summed E-state index contributed by atoms with van der Waals surface area (Å²) in [6.45, 7) is 4.00. The summed E-state index contributed by atoms with van der Waals surface area (Å²) in [6.07, 6.45) is 6.25. The minimum Gasteiger partial charge on any atom is -0.307 e. The Balaban J connectivity index is 2.09. The zero-order chi connectivity index (χ0) is 11.8. The van der Waals surface area contributed by atoms with E-state index < -0.39 is 9.84 Å². The monoisotopic (exact) mass is 245 g/mol. The van der Waals surface area contributed by atoms with Crippen molar-refractivity contribution in [3.63, 3.8) is 0 Å². The highest BCUT2D eigenvalue weighted by molar-refractivity contribution is 7.91. The molecular weight excluding hydrogens is 222 g/mol. The molecule has 3 nitrogen and oxygen atoms in total. The molecule has 4 heteroatoms. The van der Waals surface area contributed by atoms with Gasteiger partial charge in [0.05, 0.1) is 11.5 Å². The van der Waals surface area contributed by atoms with Crippen molar-refractivity contribution in [3.05, 3.63) is 0 Å². The van der Waals surface area contributed by atoms with Crippen LogP contribution in [0.15, 0.2) is 0 Å². The summed E-state index contributed by atoms with van der Waals surface area (Å²) in [7, 11) is -2.85. The van der Waals surface area contributed by atoms with Gasteiger partial charge in [0.2, 0.25) is 0 Å². The SMILES string of the molecule is CC1(C)CS(=O)(=O)CC(C2CCCCC2)N1. The lowest BCUT2D eigenvalue weighted by atomic mass is 9.83. The van der Waals surface area contributed by atoms with Crippen LogP contribution in [0.2, 0.25) is 0 Å². The summed E-state index contributed by atoms with van der Waals surface area (Å²) in [5, 5.41) is 3.54. The van der Waals surface area contributed by atoms with Gasteiger partial charge in [-0.25, -0.2) is 8.42 Å². The van der Waals surface area contributed by atoms with Crippen LogP contribution in [0.1, 0.15) is 46.0 Å². The fourth-order valence-corrected chi connectivity index (χ4v) is 5.46. The van der Waals surface area contributed by atoms with Gasteiger partial charge in [0.1, 0.15) is 0 Å². The molecule has 0 aromatic carbocycles. The second kappa shape index (κ2) is 4.30. The van der Waals surface area contributed by atoms with Gasteiger partial charge >= 0.3 is 0 Å². The molecule has 1 heterocycles. The van der Waals surface area contributed by atoms with Crippen LogP contribution >= 0.6 is 0 Å². The molecule has 1 saturated heterocycles. The highest BCUT2D eigenvalue weighted by atomic mass is 32.2. The Kier molecular flexibility index (Phi) is 3.32. The Morgan fingerprint density at radius 3 is 2.31 bits per heavy atom. The zero-order valence-corrected chi connectivity index (χ0v) is 11.1. The van der Waals surface area contributed by atoms with E-state index in [2.05, 4.69) is 5.32 Å². The highest BCUT2D eigenvalue weighted by Gasteiger charge is 2.39. The number of hydrogen-bond donors (Lipinski definition) is 1. The summed E-state index contributed by atoms with van der Waals surface area (Å²) < 4.78 is 23.8. The maximum atomic E-state index is 11.9. The highest BCUT2D eigenvalue weighted by Crippen LogP contribution is 2.30. The van der Waals surface area contributed by atoms with E-state index in [0.717, 1.165) is 0 Å². The summed E-state index contributed by atoms with van der Waals surface area (Å²) in [5.41, 5.74) is -0.251. The lowest BCUT2D eigenvalue weighted by molar-refractivity contribution is 0.234. The Labute approximate surface area is 98.9 Å². The van der Waals surface area contributed by atoms with Gasteiger partial charge in [-0.05, 0) is 32.6 Å². The van der Waals surface area contributed by atoms with Gasteiger partial charge in [0.15, 0.2) is 9.84 Å². The van der Waals surface area contributed by atoms with E-state index in [4.69, 9.17) is 0 Å². The van der Waals surface area contributed by atoms with Crippen molar-refractivity contribution in [2.24, 2.45) is 5.92 Å². The van der Waals surface area contributed by atoms with Crippen LogP contribution < -0.4 is 5.32 Å². The fraction of sp³-hybridized carbons (Fsp3) is 1.00. The lowest BCUT2D eigenvalue weighted by Crippen LogP contribution is -2.60. The van der Waals surface area contributed by atoms with E-state index in [1.165, 1.54) is 32.1 Å². The minimum atomic E-state index is -2.85. The normalized spacial score (nSPS) is 34.8. The Hall–Kier alpha value is -0.0900. The summed E-state index contributed by atoms with van der Waals surface area (Å²) in [6, 6.07) is 0.189. The van der Waals surface area contributed by atoms with Crippen LogP contribution in [0.3, 0.4) is 0 Å². The molecule has 1 unspecified atom stereocenters. The van der Waals surface area contributed by atoms with Crippen molar-refractivity contribution < 1.29 is 8.42 Å². The smallest absolute Gasteiger partial charge is 0.153 e. The van der Waals surface area contributed by atoms with Crippen molar-refractivity contribution >= 4 is 9.84 Å². The lowest BCUT2D eigenvalue weighted by Gasteiger charge is -2.41. The molecule has 0 aromatic rings. The molecule has 2 aliphatic rings. The number of rotatable bonds is 1. The van der Waals surface area contributed by atoms with Crippen LogP contribution in [0.25, 0.3) is 0 Å². The van der Waals surface area contributed by atoms with E-state index in [0.29, 0.717) is 11.7 Å². The van der Waals surface area contributed by atoms with Gasteiger partial charge in [-0.15, -0.1) is 0 Å². The molecule has 0 bridgehead atoms. The van der Waals surface area contributed by atoms with Crippen molar-refractivity contribution in [2.75, 3.05) is 11.5 Å². The molecule has 2 rings (SSSR count). The van der Waals surface area contributed by atoms with E-state index in [-0.39, 0.29) is 17.3 Å². The Bertz CT molecular complexity index is 342. The minimum absolute atomic E-state index is 0.189. The second-order valence-electron chi connectivity index (χ2n) is 6.09. The maximum absolute atomic E-state index is 11.9. The summed E-state index contributed by atoms with van der Waals surface area (Å²) >= 11 is 0. The van der Waals surface area contributed by atoms with Crippen LogP contribution in [0.5, 0.6) is 0 Å². The van der Waals surface area contributed by atoms with Gasteiger partial charge in [-0.1, -0.05) is 19.3 Å². The molecule has 0 amide bonds. The number of hydrogen-bond acceptors (Lipinski definition) is 3. The average molecular weight is 245 g/mol. The van der Waals surface area contributed by atoms with Crippen LogP contribution in [-0.4, -0.2) is 31.5 Å². The van der Waals surface area contributed by atoms with E-state index >= 15 is 0 Å². The molecule has 0 spiro atoms. The molecule has 0 radical (unpaired) electrons. The predicted molar refractivity (Wildman–Crippen MR) is 66.2 cm³/mol. The molecule has 1 saturated carbocycles. The molecule has 1 aliphatic carbocycles. The van der Waals surface area contributed by atoms with Gasteiger partial charge < -0.3 is 5.32 Å². The topological polar surface area (TPSA) is 46.2 Å².